The van der Waals surface area contributed by atoms with Gasteiger partial charge in [-0.15, -0.1) is 22.7 Å². The maximum absolute atomic E-state index is 5.68. The highest BCUT2D eigenvalue weighted by atomic mass is 32.1. The first kappa shape index (κ1) is 11.4. The van der Waals surface area contributed by atoms with E-state index in [0.29, 0.717) is 5.95 Å². The van der Waals surface area contributed by atoms with Crippen LogP contribution in [0.2, 0.25) is 0 Å². The zero-order valence-corrected chi connectivity index (χ0v) is 11.1. The normalized spacial score (nSPS) is 10.9. The van der Waals surface area contributed by atoms with Gasteiger partial charge in [0.15, 0.2) is 0 Å². The summed E-state index contributed by atoms with van der Waals surface area (Å²) in [5.74, 6) is 1.11. The van der Waals surface area contributed by atoms with Gasteiger partial charge in [0.25, 0.3) is 0 Å². The molecule has 0 aliphatic rings. The number of hydrogen-bond acceptors (Lipinski definition) is 7. The molecule has 7 heteroatoms. The monoisotopic (exact) mass is 277 g/mol. The fraction of sp³-hybridized carbons (Fsp3) is 0.182. The highest BCUT2D eigenvalue weighted by molar-refractivity contribution is 7.16. The van der Waals surface area contributed by atoms with Crippen molar-refractivity contribution in [2.24, 2.45) is 0 Å². The molecule has 3 aromatic heterocycles. The first-order chi connectivity index (χ1) is 8.83. The molecule has 92 valence electrons. The second kappa shape index (κ2) is 4.87. The number of nitrogens with zero attached hydrogens (tertiary/aromatic N) is 3. The highest BCUT2D eigenvalue weighted by Gasteiger charge is 2.06. The lowest BCUT2D eigenvalue weighted by Crippen LogP contribution is -2.08. The molecule has 0 atom stereocenters. The fourth-order valence-corrected chi connectivity index (χ4v) is 3.04. The van der Waals surface area contributed by atoms with E-state index in [1.54, 1.807) is 22.7 Å². The van der Waals surface area contributed by atoms with Crippen molar-refractivity contribution in [3.63, 3.8) is 0 Å². The molecule has 3 aromatic rings. The highest BCUT2D eigenvalue weighted by Crippen LogP contribution is 2.25. The minimum Gasteiger partial charge on any atom is -0.369 e. The summed E-state index contributed by atoms with van der Waals surface area (Å²) in [5, 5.41) is 8.36. The van der Waals surface area contributed by atoms with Gasteiger partial charge in [-0.3, -0.25) is 0 Å². The van der Waals surface area contributed by atoms with Crippen molar-refractivity contribution in [2.45, 2.75) is 6.42 Å². The van der Waals surface area contributed by atoms with Crippen LogP contribution in [0.5, 0.6) is 0 Å². The second-order valence-corrected chi connectivity index (χ2v) is 5.34. The average Bonchev–Trinajstić information content (AvgIpc) is 2.98. The summed E-state index contributed by atoms with van der Waals surface area (Å²) in [4.78, 5) is 13.6. The Morgan fingerprint density at radius 2 is 2.28 bits per heavy atom. The van der Waals surface area contributed by atoms with Crippen LogP contribution < -0.4 is 11.1 Å². The third kappa shape index (κ3) is 2.27. The predicted molar refractivity (Wildman–Crippen MR) is 76.1 cm³/mol. The van der Waals surface area contributed by atoms with Gasteiger partial charge in [0, 0.05) is 18.3 Å². The molecule has 18 heavy (non-hydrogen) atoms. The standard InChI is InChI=1S/C11H11N5S2/c12-11-15-9(8-2-4-18-10(8)16-11)13-3-1-7-5-17-6-14-7/h2,4-6H,1,3H2,(H3,12,13,15,16). The van der Waals surface area contributed by atoms with E-state index in [4.69, 9.17) is 5.73 Å². The van der Waals surface area contributed by atoms with E-state index < -0.39 is 0 Å². The van der Waals surface area contributed by atoms with Crippen LogP contribution in [-0.2, 0) is 6.42 Å². The number of fused-ring (bicyclic) bond motifs is 1. The number of nitrogen functional groups attached to an aromatic ring is 1. The Balaban J connectivity index is 1.75. The number of rotatable bonds is 4. The van der Waals surface area contributed by atoms with Gasteiger partial charge in [-0.05, 0) is 11.4 Å². The average molecular weight is 277 g/mol. The Bertz CT molecular complexity index is 647. The van der Waals surface area contributed by atoms with Crippen LogP contribution in [0.15, 0.2) is 22.3 Å². The summed E-state index contributed by atoms with van der Waals surface area (Å²) in [5.41, 5.74) is 8.62. The van der Waals surface area contributed by atoms with Crippen molar-refractivity contribution in [3.05, 3.63) is 28.0 Å². The molecule has 0 saturated carbocycles. The number of anilines is 2. The smallest absolute Gasteiger partial charge is 0.223 e. The molecule has 0 saturated heterocycles. The largest absolute Gasteiger partial charge is 0.369 e. The molecule has 0 aliphatic heterocycles. The Hall–Kier alpha value is -1.73. The van der Waals surface area contributed by atoms with Crippen molar-refractivity contribution >= 4 is 44.7 Å². The van der Waals surface area contributed by atoms with Crippen molar-refractivity contribution in [1.82, 2.24) is 15.0 Å². The Morgan fingerprint density at radius 3 is 3.11 bits per heavy atom. The van der Waals surface area contributed by atoms with Gasteiger partial charge in [-0.25, -0.2) is 9.97 Å². The van der Waals surface area contributed by atoms with Crippen LogP contribution in [-0.4, -0.2) is 21.5 Å². The molecule has 0 amide bonds. The number of nitrogens with two attached hydrogens (primary N) is 1. The second-order valence-electron chi connectivity index (χ2n) is 3.73. The minimum atomic E-state index is 0.307. The number of hydrogen-bond donors (Lipinski definition) is 2. The molecule has 0 spiro atoms. The van der Waals surface area contributed by atoms with Crippen LogP contribution in [0.4, 0.5) is 11.8 Å². The third-order valence-electron chi connectivity index (χ3n) is 2.50. The van der Waals surface area contributed by atoms with Crippen molar-refractivity contribution in [2.75, 3.05) is 17.6 Å². The number of nitrogens with one attached hydrogen (secondary N) is 1. The first-order valence-electron chi connectivity index (χ1n) is 5.44. The SMILES string of the molecule is Nc1nc(NCCc2cscn2)c2ccsc2n1. The number of aromatic nitrogens is 3. The van der Waals surface area contributed by atoms with Crippen molar-refractivity contribution < 1.29 is 0 Å². The Labute approximate surface area is 112 Å². The maximum Gasteiger partial charge on any atom is 0.223 e. The van der Waals surface area contributed by atoms with E-state index in [1.807, 2.05) is 17.0 Å². The van der Waals surface area contributed by atoms with Crippen molar-refractivity contribution in [1.29, 1.82) is 0 Å². The molecule has 3 N–H and O–H groups in total. The lowest BCUT2D eigenvalue weighted by Gasteiger charge is -2.06. The first-order valence-corrected chi connectivity index (χ1v) is 7.27. The lowest BCUT2D eigenvalue weighted by molar-refractivity contribution is 0.970. The summed E-state index contributed by atoms with van der Waals surface area (Å²) < 4.78 is 0. The molecule has 3 rings (SSSR count). The number of thiophene rings is 1. The topological polar surface area (TPSA) is 76.7 Å². The van der Waals surface area contributed by atoms with E-state index in [-0.39, 0.29) is 0 Å². The van der Waals surface area contributed by atoms with Gasteiger partial charge in [0.1, 0.15) is 10.6 Å². The molecule has 5 nitrogen and oxygen atoms in total. The molecule has 0 radical (unpaired) electrons. The van der Waals surface area contributed by atoms with E-state index in [2.05, 4.69) is 25.6 Å². The Morgan fingerprint density at radius 1 is 1.33 bits per heavy atom. The van der Waals surface area contributed by atoms with Crippen LogP contribution >= 0.6 is 22.7 Å². The lowest BCUT2D eigenvalue weighted by atomic mass is 10.3. The molecular formula is C11H11N5S2. The molecular weight excluding hydrogens is 266 g/mol. The fourth-order valence-electron chi connectivity index (χ4n) is 1.68. The van der Waals surface area contributed by atoms with E-state index in [9.17, 15) is 0 Å². The zero-order chi connectivity index (χ0) is 12.4. The van der Waals surface area contributed by atoms with Crippen LogP contribution in [0.1, 0.15) is 5.69 Å². The van der Waals surface area contributed by atoms with Crippen LogP contribution in [0, 0.1) is 0 Å². The molecule has 0 aromatic carbocycles. The van der Waals surface area contributed by atoms with E-state index in [1.165, 1.54) is 0 Å². The minimum absolute atomic E-state index is 0.307. The van der Waals surface area contributed by atoms with Gasteiger partial charge >= 0.3 is 0 Å². The zero-order valence-electron chi connectivity index (χ0n) is 9.46. The van der Waals surface area contributed by atoms with Crippen LogP contribution in [0.25, 0.3) is 10.2 Å². The predicted octanol–water partition coefficient (Wildman–Crippen LogP) is 2.38. The third-order valence-corrected chi connectivity index (χ3v) is 3.94. The van der Waals surface area contributed by atoms with E-state index in [0.717, 1.165) is 34.7 Å². The van der Waals surface area contributed by atoms with Gasteiger partial charge in [-0.2, -0.15) is 4.98 Å². The summed E-state index contributed by atoms with van der Waals surface area (Å²) in [6.45, 7) is 0.783. The van der Waals surface area contributed by atoms with Gasteiger partial charge in [0.05, 0.1) is 16.6 Å². The van der Waals surface area contributed by atoms with Gasteiger partial charge < -0.3 is 11.1 Å². The summed E-state index contributed by atoms with van der Waals surface area (Å²) in [7, 11) is 0. The summed E-state index contributed by atoms with van der Waals surface area (Å²) in [6.07, 6.45) is 0.874. The molecule has 3 heterocycles. The van der Waals surface area contributed by atoms with Gasteiger partial charge in [0.2, 0.25) is 5.95 Å². The van der Waals surface area contributed by atoms with E-state index >= 15 is 0 Å². The van der Waals surface area contributed by atoms with Crippen LogP contribution in [0.3, 0.4) is 0 Å². The molecule has 0 fully saturated rings. The van der Waals surface area contributed by atoms with Crippen molar-refractivity contribution in [3.8, 4) is 0 Å². The molecule has 0 unspecified atom stereocenters. The number of thiazole rings is 1. The van der Waals surface area contributed by atoms with Gasteiger partial charge in [-0.1, -0.05) is 0 Å². The summed E-state index contributed by atoms with van der Waals surface area (Å²) in [6, 6.07) is 2.00. The summed E-state index contributed by atoms with van der Waals surface area (Å²) >= 11 is 3.17. The molecule has 0 bridgehead atoms. The molecule has 0 aliphatic carbocycles. The Kier molecular flexibility index (Phi) is 3.07. The quantitative estimate of drug-likeness (QED) is 0.765. The maximum atomic E-state index is 5.68.